The van der Waals surface area contributed by atoms with Gasteiger partial charge in [-0.15, -0.1) is 0 Å². The van der Waals surface area contributed by atoms with Crippen LogP contribution in [0.4, 0.5) is 5.69 Å². The normalized spacial score (nSPS) is 20.6. The van der Waals surface area contributed by atoms with Gasteiger partial charge in [0.05, 0.1) is 11.3 Å². The van der Waals surface area contributed by atoms with Gasteiger partial charge >= 0.3 is 0 Å². The molecule has 2 rings (SSSR count). The summed E-state index contributed by atoms with van der Waals surface area (Å²) >= 11 is 7.96. The summed E-state index contributed by atoms with van der Waals surface area (Å²) in [5.41, 5.74) is 1.69. The molecular formula is C12H13ClN2S. The van der Waals surface area contributed by atoms with Crippen molar-refractivity contribution in [2.75, 3.05) is 23.0 Å². The number of hydrogen-bond donors (Lipinski definition) is 0. The van der Waals surface area contributed by atoms with Crippen LogP contribution in [0.3, 0.4) is 0 Å². The predicted molar refractivity (Wildman–Crippen MR) is 70.3 cm³/mol. The lowest BCUT2D eigenvalue weighted by molar-refractivity contribution is 0.699. The molecule has 1 aliphatic heterocycles. The standard InChI is InChI=1S/C12H13ClN2S/c1-9-8-16-5-4-15(9)12-6-11(13)3-2-10(12)7-14/h2-3,6,9H,4-5,8H2,1H3. The van der Waals surface area contributed by atoms with Gasteiger partial charge in [-0.2, -0.15) is 17.0 Å². The van der Waals surface area contributed by atoms with Gasteiger partial charge in [0.25, 0.3) is 0 Å². The Hall–Kier alpha value is -0.850. The van der Waals surface area contributed by atoms with E-state index in [1.165, 1.54) is 0 Å². The molecule has 0 saturated carbocycles. The van der Waals surface area contributed by atoms with Gasteiger partial charge in [0.1, 0.15) is 6.07 Å². The minimum absolute atomic E-state index is 0.462. The van der Waals surface area contributed by atoms with Crippen molar-refractivity contribution in [3.05, 3.63) is 28.8 Å². The number of nitrogens with zero attached hydrogens (tertiary/aromatic N) is 2. The molecule has 1 aromatic rings. The van der Waals surface area contributed by atoms with Crippen LogP contribution in [-0.4, -0.2) is 24.1 Å². The average molecular weight is 253 g/mol. The van der Waals surface area contributed by atoms with Gasteiger partial charge in [0, 0.05) is 29.1 Å². The molecule has 1 heterocycles. The van der Waals surface area contributed by atoms with Gasteiger partial charge in [0.2, 0.25) is 0 Å². The first kappa shape index (κ1) is 11.6. The van der Waals surface area contributed by atoms with Gasteiger partial charge in [-0.3, -0.25) is 0 Å². The number of halogens is 1. The summed E-state index contributed by atoms with van der Waals surface area (Å²) in [5.74, 6) is 2.22. The molecule has 0 N–H and O–H groups in total. The first-order chi connectivity index (χ1) is 7.72. The summed E-state index contributed by atoms with van der Waals surface area (Å²) in [6.07, 6.45) is 0. The molecule has 0 radical (unpaired) electrons. The molecule has 0 spiro atoms. The van der Waals surface area contributed by atoms with Crippen molar-refractivity contribution in [3.8, 4) is 6.07 Å². The van der Waals surface area contributed by atoms with Crippen LogP contribution in [0.1, 0.15) is 12.5 Å². The first-order valence-electron chi connectivity index (χ1n) is 5.26. The highest BCUT2D eigenvalue weighted by Crippen LogP contribution is 2.29. The van der Waals surface area contributed by atoms with Crippen molar-refractivity contribution in [3.63, 3.8) is 0 Å². The lowest BCUT2D eigenvalue weighted by Gasteiger charge is -2.35. The van der Waals surface area contributed by atoms with E-state index in [0.717, 1.165) is 23.7 Å². The van der Waals surface area contributed by atoms with E-state index in [9.17, 15) is 0 Å². The number of thioether (sulfide) groups is 1. The van der Waals surface area contributed by atoms with Crippen LogP contribution < -0.4 is 4.90 Å². The maximum absolute atomic E-state index is 9.10. The second-order valence-electron chi connectivity index (χ2n) is 3.89. The fourth-order valence-corrected chi connectivity index (χ4v) is 3.10. The third kappa shape index (κ3) is 2.28. The lowest BCUT2D eigenvalue weighted by atomic mass is 10.1. The van der Waals surface area contributed by atoms with E-state index in [1.54, 1.807) is 12.1 Å². The zero-order chi connectivity index (χ0) is 11.5. The van der Waals surface area contributed by atoms with Gasteiger partial charge in [-0.1, -0.05) is 11.6 Å². The smallest absolute Gasteiger partial charge is 0.101 e. The molecule has 1 fully saturated rings. The predicted octanol–water partition coefficient (Wildman–Crippen LogP) is 3.15. The number of benzene rings is 1. The molecule has 1 aromatic carbocycles. The Morgan fingerprint density at radius 1 is 1.56 bits per heavy atom. The van der Waals surface area contributed by atoms with Crippen LogP contribution in [-0.2, 0) is 0 Å². The van der Waals surface area contributed by atoms with Crippen molar-refractivity contribution in [1.29, 1.82) is 5.26 Å². The molecule has 84 valence electrons. The lowest BCUT2D eigenvalue weighted by Crippen LogP contribution is -2.40. The molecule has 0 amide bonds. The Kier molecular flexibility index (Phi) is 3.63. The van der Waals surface area contributed by atoms with Gasteiger partial charge in [-0.05, 0) is 25.1 Å². The van der Waals surface area contributed by atoms with Crippen LogP contribution in [0, 0.1) is 11.3 Å². The molecule has 2 nitrogen and oxygen atoms in total. The highest BCUT2D eigenvalue weighted by atomic mass is 35.5. The van der Waals surface area contributed by atoms with Crippen molar-refractivity contribution in [1.82, 2.24) is 0 Å². The summed E-state index contributed by atoms with van der Waals surface area (Å²) in [7, 11) is 0. The summed E-state index contributed by atoms with van der Waals surface area (Å²) in [5, 5.41) is 9.80. The second kappa shape index (κ2) is 4.99. The maximum atomic E-state index is 9.10. The molecule has 0 bridgehead atoms. The van der Waals surface area contributed by atoms with Gasteiger partial charge < -0.3 is 4.90 Å². The minimum Gasteiger partial charge on any atom is -0.366 e. The minimum atomic E-state index is 0.462. The number of hydrogen-bond acceptors (Lipinski definition) is 3. The zero-order valence-corrected chi connectivity index (χ0v) is 10.7. The van der Waals surface area contributed by atoms with E-state index < -0.39 is 0 Å². The Balaban J connectivity index is 2.38. The fraction of sp³-hybridized carbons (Fsp3) is 0.417. The van der Waals surface area contributed by atoms with Crippen LogP contribution in [0.5, 0.6) is 0 Å². The topological polar surface area (TPSA) is 27.0 Å². The van der Waals surface area contributed by atoms with Crippen LogP contribution >= 0.6 is 23.4 Å². The third-order valence-corrected chi connectivity index (χ3v) is 4.18. The summed E-state index contributed by atoms with van der Waals surface area (Å²) in [6.45, 7) is 3.18. The highest BCUT2D eigenvalue weighted by molar-refractivity contribution is 7.99. The van der Waals surface area contributed by atoms with Gasteiger partial charge in [-0.25, -0.2) is 0 Å². The van der Waals surface area contributed by atoms with E-state index in [0.29, 0.717) is 16.6 Å². The summed E-state index contributed by atoms with van der Waals surface area (Å²) in [6, 6.07) is 8.16. The third-order valence-electron chi connectivity index (χ3n) is 2.76. The molecule has 1 unspecified atom stereocenters. The molecule has 1 aliphatic rings. The van der Waals surface area contributed by atoms with Crippen molar-refractivity contribution in [2.24, 2.45) is 0 Å². The van der Waals surface area contributed by atoms with Gasteiger partial charge in [0.15, 0.2) is 0 Å². The van der Waals surface area contributed by atoms with Crippen LogP contribution in [0.25, 0.3) is 0 Å². The maximum Gasteiger partial charge on any atom is 0.101 e. The van der Waals surface area contributed by atoms with Crippen molar-refractivity contribution >= 4 is 29.1 Å². The van der Waals surface area contributed by atoms with Crippen LogP contribution in [0.15, 0.2) is 18.2 Å². The molecule has 0 aromatic heterocycles. The fourth-order valence-electron chi connectivity index (χ4n) is 1.92. The van der Waals surface area contributed by atoms with E-state index in [-0.39, 0.29) is 0 Å². The van der Waals surface area contributed by atoms with E-state index in [1.807, 2.05) is 17.8 Å². The highest BCUT2D eigenvalue weighted by Gasteiger charge is 2.21. The Bertz CT molecular complexity index is 428. The Morgan fingerprint density at radius 2 is 2.38 bits per heavy atom. The Morgan fingerprint density at radius 3 is 3.06 bits per heavy atom. The second-order valence-corrected chi connectivity index (χ2v) is 5.48. The van der Waals surface area contributed by atoms with E-state index >= 15 is 0 Å². The Labute approximate surface area is 105 Å². The summed E-state index contributed by atoms with van der Waals surface area (Å²) < 4.78 is 0. The van der Waals surface area contributed by atoms with Crippen LogP contribution in [0.2, 0.25) is 5.02 Å². The monoisotopic (exact) mass is 252 g/mol. The molecule has 1 saturated heterocycles. The van der Waals surface area contributed by atoms with Crippen molar-refractivity contribution in [2.45, 2.75) is 13.0 Å². The number of rotatable bonds is 1. The quantitative estimate of drug-likeness (QED) is 0.768. The largest absolute Gasteiger partial charge is 0.366 e. The summed E-state index contributed by atoms with van der Waals surface area (Å²) in [4.78, 5) is 2.28. The SMILES string of the molecule is CC1CSCCN1c1cc(Cl)ccc1C#N. The van der Waals surface area contributed by atoms with E-state index in [2.05, 4.69) is 17.9 Å². The van der Waals surface area contributed by atoms with Crippen molar-refractivity contribution < 1.29 is 0 Å². The average Bonchev–Trinajstić information content (AvgIpc) is 2.29. The molecule has 16 heavy (non-hydrogen) atoms. The van der Waals surface area contributed by atoms with E-state index in [4.69, 9.17) is 16.9 Å². The number of anilines is 1. The molecule has 4 heteroatoms. The molecular weight excluding hydrogens is 240 g/mol. The first-order valence-corrected chi connectivity index (χ1v) is 6.79. The zero-order valence-electron chi connectivity index (χ0n) is 9.11. The molecule has 0 aliphatic carbocycles. The number of nitriles is 1. The molecule has 1 atom stereocenters.